The van der Waals surface area contributed by atoms with E-state index in [9.17, 15) is 9.50 Å². The van der Waals surface area contributed by atoms with Crippen molar-refractivity contribution in [3.05, 3.63) is 242 Å². The van der Waals surface area contributed by atoms with E-state index >= 15 is 0 Å². The molecule has 2 aliphatic rings. The molecule has 2 N–H and O–H groups in total. The topological polar surface area (TPSA) is 269 Å². The first-order valence-corrected chi connectivity index (χ1v) is 43.7. The Balaban J connectivity index is 0.000000132. The SMILES string of the molecule is C=Cc1cc(OC)cc(N(CC2CC2)c2ccc3ncc(-c4cnn(C)c4)nc3c2)c1.CCOc1cc(F)cc(N(CCO)c2ccc3ncc(-c4cnn(C)c4)nc3c2)c1.COc1cc(OC)c(Cl)c(N(CCCN2CCCC2)c2ccc3ncc(-c4cnn(C)c4)nc3c2)c1.COc1ccc(Cl)c(N(CCNC(C)C)c2ccc3ncc(-c4cnn(C)c4)nc3c2)c1. The lowest BCUT2D eigenvalue weighted by Crippen LogP contribution is -2.32. The van der Waals surface area contributed by atoms with Crippen LogP contribution in [-0.2, 0) is 28.2 Å². The molecular weight excluding hydrogens is 1670 g/mol. The van der Waals surface area contributed by atoms with Crippen molar-refractivity contribution in [2.45, 2.75) is 58.9 Å². The highest BCUT2D eigenvalue weighted by atomic mass is 35.5. The van der Waals surface area contributed by atoms with Gasteiger partial charge in [-0.2, -0.15) is 20.4 Å². The number of methoxy groups -OCH3 is 4. The molecule has 0 unspecified atom stereocenters. The Labute approximate surface area is 759 Å². The monoisotopic (exact) mass is 1770 g/mol. The third-order valence-electron chi connectivity index (χ3n) is 22.1. The molecular formula is C98H105Cl2FN22O6. The van der Waals surface area contributed by atoms with Gasteiger partial charge in [0.05, 0.1) is 175 Å². The number of anilines is 8. The lowest BCUT2D eigenvalue weighted by molar-refractivity contribution is 0.305. The van der Waals surface area contributed by atoms with Crippen molar-refractivity contribution < 1.29 is 33.2 Å². The summed E-state index contributed by atoms with van der Waals surface area (Å²) in [5.74, 6) is 3.60. The van der Waals surface area contributed by atoms with Gasteiger partial charge in [0.25, 0.3) is 0 Å². The molecule has 8 aromatic heterocycles. The number of aryl methyl sites for hydroxylation is 4. The molecule has 31 heteroatoms. The van der Waals surface area contributed by atoms with Crippen LogP contribution in [0.5, 0.6) is 28.7 Å². The fraction of sp³-hybridized carbons (Fsp3) is 0.286. The van der Waals surface area contributed by atoms with E-state index in [4.69, 9.17) is 66.8 Å². The summed E-state index contributed by atoms with van der Waals surface area (Å²) in [7, 11) is 14.1. The van der Waals surface area contributed by atoms with Crippen LogP contribution in [0.3, 0.4) is 0 Å². The van der Waals surface area contributed by atoms with Crippen molar-refractivity contribution >= 4 is 119 Å². The summed E-state index contributed by atoms with van der Waals surface area (Å²) in [5.41, 5.74) is 21.5. The van der Waals surface area contributed by atoms with Crippen LogP contribution < -0.4 is 48.6 Å². The Hall–Kier alpha value is -13.7. The number of halogens is 3. The van der Waals surface area contributed by atoms with Gasteiger partial charge in [0.15, 0.2) is 0 Å². The zero-order chi connectivity index (χ0) is 90.2. The molecule has 16 aromatic rings. The largest absolute Gasteiger partial charge is 0.497 e. The van der Waals surface area contributed by atoms with E-state index in [0.717, 1.165) is 174 Å². The van der Waals surface area contributed by atoms with Crippen LogP contribution in [0.15, 0.2) is 220 Å². The molecule has 1 saturated carbocycles. The predicted octanol–water partition coefficient (Wildman–Crippen LogP) is 19.1. The Morgan fingerprint density at radius 3 is 1.36 bits per heavy atom. The number of benzene rings is 8. The van der Waals surface area contributed by atoms with Crippen LogP contribution in [0.1, 0.15) is 58.4 Å². The van der Waals surface area contributed by atoms with Crippen LogP contribution in [0.25, 0.3) is 95.2 Å². The van der Waals surface area contributed by atoms with E-state index in [1.54, 1.807) is 103 Å². The lowest BCUT2D eigenvalue weighted by atomic mass is 10.1. The number of nitrogens with zero attached hydrogens (tertiary/aromatic N) is 21. The number of aliphatic hydroxyl groups excluding tert-OH is 1. The Morgan fingerprint density at radius 2 is 0.930 bits per heavy atom. The highest BCUT2D eigenvalue weighted by Crippen LogP contribution is 2.44. The summed E-state index contributed by atoms with van der Waals surface area (Å²) in [4.78, 5) is 48.8. The quantitative estimate of drug-likeness (QED) is 0.0409. The molecule has 2 fully saturated rings. The number of aliphatic hydroxyl groups is 1. The molecule has 664 valence electrons. The summed E-state index contributed by atoms with van der Waals surface area (Å²) in [6, 6.07) is 44.7. The molecule has 1 aliphatic heterocycles. The first-order valence-electron chi connectivity index (χ1n) is 42.9. The van der Waals surface area contributed by atoms with E-state index in [-0.39, 0.29) is 13.2 Å². The maximum absolute atomic E-state index is 14.2. The number of aromatic nitrogens is 16. The van der Waals surface area contributed by atoms with Crippen molar-refractivity contribution in [3.8, 4) is 73.8 Å². The number of likely N-dealkylation sites (tertiary alicyclic amines) is 1. The van der Waals surface area contributed by atoms with Gasteiger partial charge in [-0.3, -0.25) is 38.7 Å². The molecule has 0 spiro atoms. The van der Waals surface area contributed by atoms with Gasteiger partial charge in [0.2, 0.25) is 0 Å². The molecule has 1 aliphatic carbocycles. The third-order valence-corrected chi connectivity index (χ3v) is 22.8. The summed E-state index contributed by atoms with van der Waals surface area (Å²) < 4.78 is 48.7. The standard InChI is InChI=1S/C27H31ClN6O2.C25H25N5O.C24H27ClN6O.C22H22FN5O2/c1-32-18-19(16-30-32)24-17-29-22-8-7-20(13-23(22)31-24)34(12-6-11-33-9-4-5-10-33)25-14-21(35-2)15-26(36-3)27(25)28;1-4-17-9-21(11-22(10-17)31-3)30(15-18-5-6-18)20-7-8-23-24(12-20)28-25(14-26-23)19-13-27-29(2)16-19;1-16(2)26-9-10-31(24-12-19(32-4)6-7-20(24)25)18-5-8-21-22(11-18)29-23(14-27-21)17-13-28-30(3)15-17;1-3-30-19-9-16(23)8-18(10-19)28(6-7-29)17-4-5-20-21(11-17)26-22(13-24-20)15-12-25-27(2)14-15/h7-8,13-18H,4-6,9-12H2,1-3H3;4,7-14,16,18H,1,5-6,15H2,2-3H3;5-8,11-16,26H,9-10H2,1-4H3;4-5,8-14,29H,3,6-7H2,1-2H3. The van der Waals surface area contributed by atoms with Crippen LogP contribution in [0, 0.1) is 11.7 Å². The molecule has 18 rings (SSSR count). The smallest absolute Gasteiger partial charge is 0.143 e. The fourth-order valence-electron chi connectivity index (χ4n) is 15.4. The summed E-state index contributed by atoms with van der Waals surface area (Å²) >= 11 is 13.5. The fourth-order valence-corrected chi connectivity index (χ4v) is 15.9. The number of hydrogen-bond acceptors (Lipinski definition) is 24. The Morgan fingerprint density at radius 1 is 0.481 bits per heavy atom. The van der Waals surface area contributed by atoms with Gasteiger partial charge in [-0.1, -0.05) is 49.7 Å². The van der Waals surface area contributed by atoms with Gasteiger partial charge < -0.3 is 58.6 Å². The van der Waals surface area contributed by atoms with Gasteiger partial charge in [-0.25, -0.2) is 24.3 Å². The minimum atomic E-state index is -0.404. The first kappa shape index (κ1) is 90.1. The molecule has 129 heavy (non-hydrogen) atoms. The Bertz CT molecular complexity index is 6570. The van der Waals surface area contributed by atoms with Gasteiger partial charge in [0.1, 0.15) is 39.6 Å². The third kappa shape index (κ3) is 22.5. The number of rotatable bonds is 31. The average Bonchev–Trinajstić information content (AvgIpc) is 1.67. The minimum Gasteiger partial charge on any atom is -0.497 e. The van der Waals surface area contributed by atoms with Crippen molar-refractivity contribution in [1.29, 1.82) is 0 Å². The summed E-state index contributed by atoms with van der Waals surface area (Å²) in [5, 5.41) is 31.2. The molecule has 8 aromatic carbocycles. The molecule has 28 nitrogen and oxygen atoms in total. The van der Waals surface area contributed by atoms with Gasteiger partial charge in [-0.15, -0.1) is 0 Å². The number of nitrogens with one attached hydrogen (secondary N) is 1. The van der Waals surface area contributed by atoms with Crippen LogP contribution >= 0.6 is 23.2 Å². The van der Waals surface area contributed by atoms with Crippen molar-refractivity contribution in [2.75, 3.05) is 114 Å². The maximum Gasteiger partial charge on any atom is 0.143 e. The van der Waals surface area contributed by atoms with Crippen molar-refractivity contribution in [2.24, 2.45) is 34.1 Å². The lowest BCUT2D eigenvalue weighted by Gasteiger charge is -2.28. The second-order valence-electron chi connectivity index (χ2n) is 31.8. The normalized spacial score (nSPS) is 12.5. The Kier molecular flexibility index (Phi) is 29.2. The minimum absolute atomic E-state index is 0.0973. The van der Waals surface area contributed by atoms with Crippen molar-refractivity contribution in [3.63, 3.8) is 0 Å². The zero-order valence-electron chi connectivity index (χ0n) is 74.3. The highest BCUT2D eigenvalue weighted by molar-refractivity contribution is 6.35. The van der Waals surface area contributed by atoms with Crippen molar-refractivity contribution in [1.82, 2.24) is 89.2 Å². The number of hydrogen-bond donors (Lipinski definition) is 2. The van der Waals surface area contributed by atoms with Crippen LogP contribution in [0.2, 0.25) is 10.0 Å². The highest BCUT2D eigenvalue weighted by Gasteiger charge is 2.28. The zero-order valence-corrected chi connectivity index (χ0v) is 75.8. The maximum atomic E-state index is 14.2. The van der Waals surface area contributed by atoms with E-state index in [0.29, 0.717) is 62.8 Å². The molecule has 0 bridgehead atoms. The van der Waals surface area contributed by atoms with E-state index in [1.165, 1.54) is 50.9 Å². The second kappa shape index (κ2) is 41.8. The molecule has 9 heterocycles. The number of fused-ring (bicyclic) bond motifs is 4. The van der Waals surface area contributed by atoms with Gasteiger partial charge >= 0.3 is 0 Å². The van der Waals surface area contributed by atoms with Gasteiger partial charge in [0, 0.05) is 185 Å². The molecule has 0 radical (unpaired) electrons. The first-order chi connectivity index (χ1) is 62.7. The van der Waals surface area contributed by atoms with Crippen LogP contribution in [-0.4, -0.2) is 189 Å². The number of ether oxygens (including phenoxy) is 5. The summed E-state index contributed by atoms with van der Waals surface area (Å²) in [6.45, 7) is 17.4. The second-order valence-corrected chi connectivity index (χ2v) is 32.6. The molecule has 1 saturated heterocycles. The predicted molar refractivity (Wildman–Crippen MR) is 511 cm³/mol. The average molecular weight is 1780 g/mol. The van der Waals surface area contributed by atoms with E-state index < -0.39 is 5.82 Å². The van der Waals surface area contributed by atoms with E-state index in [1.807, 2.05) is 156 Å². The van der Waals surface area contributed by atoms with E-state index in [2.05, 4.69) is 122 Å². The molecule has 0 atom stereocenters. The van der Waals surface area contributed by atoms with Crippen LogP contribution in [0.4, 0.5) is 49.9 Å². The molecule has 0 amide bonds. The summed E-state index contributed by atoms with van der Waals surface area (Å²) in [6.07, 6.45) is 29.9. The van der Waals surface area contributed by atoms with Gasteiger partial charge in [-0.05, 0) is 173 Å².